The van der Waals surface area contributed by atoms with Gasteiger partial charge >= 0.3 is 0 Å². The zero-order valence-electron chi connectivity index (χ0n) is 12.2. The van der Waals surface area contributed by atoms with Gasteiger partial charge in [-0.2, -0.15) is 4.98 Å². The monoisotopic (exact) mass is 296 g/mol. The molecule has 3 aromatic rings. The second-order valence-corrected chi connectivity index (χ2v) is 5.30. The fraction of sp³-hybridized carbons (Fsp3) is 0.250. The van der Waals surface area contributed by atoms with Crippen LogP contribution in [0.25, 0.3) is 11.1 Å². The van der Waals surface area contributed by atoms with Crippen LogP contribution in [0.2, 0.25) is 0 Å². The Labute approximate surface area is 127 Å². The standard InChI is InChI=1S/C16H16N4O2/c1-21-12-6-4-11(5-7-12)18-16-19-13-8-9-22-14(13)15(20-16)17-10-2-3-10/h4-10H,2-3H2,1H3,(H2,17,18,19,20). The Bertz CT molecular complexity index is 794. The van der Waals surface area contributed by atoms with Crippen LogP contribution in [0.1, 0.15) is 12.8 Å². The second kappa shape index (κ2) is 5.22. The van der Waals surface area contributed by atoms with E-state index in [4.69, 9.17) is 9.15 Å². The maximum absolute atomic E-state index is 5.48. The summed E-state index contributed by atoms with van der Waals surface area (Å²) in [5.74, 6) is 2.10. The number of nitrogens with one attached hydrogen (secondary N) is 2. The number of rotatable bonds is 5. The molecule has 0 atom stereocenters. The number of hydrogen-bond donors (Lipinski definition) is 2. The molecular formula is C16H16N4O2. The van der Waals surface area contributed by atoms with Gasteiger partial charge in [0.25, 0.3) is 0 Å². The van der Waals surface area contributed by atoms with Crippen molar-refractivity contribution in [2.24, 2.45) is 0 Å². The molecule has 1 fully saturated rings. The van der Waals surface area contributed by atoms with Crippen molar-refractivity contribution in [2.75, 3.05) is 17.7 Å². The summed E-state index contributed by atoms with van der Waals surface area (Å²) in [4.78, 5) is 9.01. The average molecular weight is 296 g/mol. The summed E-state index contributed by atoms with van der Waals surface area (Å²) in [5.41, 5.74) is 2.39. The number of fused-ring (bicyclic) bond motifs is 1. The first-order valence-corrected chi connectivity index (χ1v) is 7.25. The molecule has 0 unspecified atom stereocenters. The predicted molar refractivity (Wildman–Crippen MR) is 84.7 cm³/mol. The zero-order valence-corrected chi connectivity index (χ0v) is 12.2. The van der Waals surface area contributed by atoms with Gasteiger partial charge < -0.3 is 19.8 Å². The summed E-state index contributed by atoms with van der Waals surface area (Å²) in [6.45, 7) is 0. The summed E-state index contributed by atoms with van der Waals surface area (Å²) in [7, 11) is 1.65. The molecule has 0 saturated heterocycles. The molecule has 4 rings (SSSR count). The highest BCUT2D eigenvalue weighted by molar-refractivity contribution is 5.85. The number of benzene rings is 1. The van der Waals surface area contributed by atoms with Crippen LogP contribution in [0, 0.1) is 0 Å². The summed E-state index contributed by atoms with van der Waals surface area (Å²) in [5, 5.41) is 6.60. The predicted octanol–water partition coefficient (Wildman–Crippen LogP) is 3.55. The van der Waals surface area contributed by atoms with E-state index in [-0.39, 0.29) is 0 Å². The minimum atomic E-state index is 0.497. The van der Waals surface area contributed by atoms with Crippen LogP contribution in [0.5, 0.6) is 5.75 Å². The second-order valence-electron chi connectivity index (χ2n) is 5.30. The van der Waals surface area contributed by atoms with Gasteiger partial charge in [0.05, 0.1) is 13.4 Å². The van der Waals surface area contributed by atoms with Gasteiger partial charge in [-0.3, -0.25) is 0 Å². The van der Waals surface area contributed by atoms with Crippen LogP contribution >= 0.6 is 0 Å². The normalized spacial score (nSPS) is 14.0. The lowest BCUT2D eigenvalue weighted by atomic mass is 10.3. The Morgan fingerprint density at radius 2 is 1.95 bits per heavy atom. The zero-order chi connectivity index (χ0) is 14.9. The van der Waals surface area contributed by atoms with Crippen LogP contribution in [-0.2, 0) is 0 Å². The number of ether oxygens (including phenoxy) is 1. The Morgan fingerprint density at radius 3 is 2.68 bits per heavy atom. The lowest BCUT2D eigenvalue weighted by molar-refractivity contribution is 0.415. The van der Waals surface area contributed by atoms with Crippen LogP contribution < -0.4 is 15.4 Å². The van der Waals surface area contributed by atoms with E-state index in [0.29, 0.717) is 17.6 Å². The van der Waals surface area contributed by atoms with Gasteiger partial charge in [-0.15, -0.1) is 0 Å². The molecule has 0 spiro atoms. The van der Waals surface area contributed by atoms with E-state index in [1.807, 2.05) is 30.3 Å². The fourth-order valence-corrected chi connectivity index (χ4v) is 2.24. The SMILES string of the molecule is COc1ccc(Nc2nc(NC3CC3)c3occc3n2)cc1. The van der Waals surface area contributed by atoms with Crippen molar-refractivity contribution in [3.63, 3.8) is 0 Å². The van der Waals surface area contributed by atoms with E-state index in [1.54, 1.807) is 13.4 Å². The molecule has 6 heteroatoms. The molecule has 1 aromatic carbocycles. The third kappa shape index (κ3) is 2.55. The lowest BCUT2D eigenvalue weighted by Crippen LogP contribution is -2.06. The highest BCUT2D eigenvalue weighted by Gasteiger charge is 2.23. The molecule has 2 N–H and O–H groups in total. The van der Waals surface area contributed by atoms with Gasteiger partial charge in [0, 0.05) is 17.8 Å². The first kappa shape index (κ1) is 12.9. The highest BCUT2D eigenvalue weighted by Crippen LogP contribution is 2.30. The van der Waals surface area contributed by atoms with Gasteiger partial charge in [0.1, 0.15) is 11.3 Å². The third-order valence-corrected chi connectivity index (χ3v) is 3.57. The van der Waals surface area contributed by atoms with Gasteiger partial charge in [-0.25, -0.2) is 4.98 Å². The molecule has 1 saturated carbocycles. The molecule has 0 bridgehead atoms. The summed E-state index contributed by atoms with van der Waals surface area (Å²) >= 11 is 0. The molecule has 2 aromatic heterocycles. The van der Waals surface area contributed by atoms with Crippen LogP contribution in [-0.4, -0.2) is 23.1 Å². The molecule has 22 heavy (non-hydrogen) atoms. The number of methoxy groups -OCH3 is 1. The molecule has 0 radical (unpaired) electrons. The number of anilines is 3. The Hall–Kier alpha value is -2.76. The minimum Gasteiger partial charge on any atom is -0.497 e. The van der Waals surface area contributed by atoms with Gasteiger partial charge in [-0.05, 0) is 37.1 Å². The summed E-state index contributed by atoms with van der Waals surface area (Å²) < 4.78 is 10.6. The van der Waals surface area contributed by atoms with Crippen molar-refractivity contribution >= 4 is 28.6 Å². The lowest BCUT2D eigenvalue weighted by Gasteiger charge is -2.09. The van der Waals surface area contributed by atoms with Crippen molar-refractivity contribution in [3.05, 3.63) is 36.6 Å². The van der Waals surface area contributed by atoms with E-state index >= 15 is 0 Å². The fourth-order valence-electron chi connectivity index (χ4n) is 2.24. The quantitative estimate of drug-likeness (QED) is 0.750. The molecule has 112 valence electrons. The molecule has 1 aliphatic rings. The Morgan fingerprint density at radius 1 is 1.14 bits per heavy atom. The molecule has 0 aliphatic heterocycles. The van der Waals surface area contributed by atoms with Crippen LogP contribution in [0.15, 0.2) is 41.0 Å². The molecular weight excluding hydrogens is 280 g/mol. The van der Waals surface area contributed by atoms with Gasteiger partial charge in [0.2, 0.25) is 5.95 Å². The van der Waals surface area contributed by atoms with Crippen molar-refractivity contribution in [1.82, 2.24) is 9.97 Å². The molecule has 0 amide bonds. The van der Waals surface area contributed by atoms with E-state index in [0.717, 1.165) is 22.8 Å². The van der Waals surface area contributed by atoms with Gasteiger partial charge in [-0.1, -0.05) is 0 Å². The first-order valence-electron chi connectivity index (χ1n) is 7.25. The van der Waals surface area contributed by atoms with Crippen molar-refractivity contribution < 1.29 is 9.15 Å². The Kier molecular flexibility index (Phi) is 3.07. The van der Waals surface area contributed by atoms with E-state index in [9.17, 15) is 0 Å². The van der Waals surface area contributed by atoms with E-state index < -0.39 is 0 Å². The van der Waals surface area contributed by atoms with E-state index in [2.05, 4.69) is 20.6 Å². The Balaban J connectivity index is 1.64. The van der Waals surface area contributed by atoms with Crippen molar-refractivity contribution in [1.29, 1.82) is 0 Å². The first-order chi connectivity index (χ1) is 10.8. The van der Waals surface area contributed by atoms with Crippen molar-refractivity contribution in [3.8, 4) is 5.75 Å². The number of hydrogen-bond acceptors (Lipinski definition) is 6. The number of nitrogens with zero attached hydrogens (tertiary/aromatic N) is 2. The smallest absolute Gasteiger partial charge is 0.229 e. The third-order valence-electron chi connectivity index (χ3n) is 3.57. The highest BCUT2D eigenvalue weighted by atomic mass is 16.5. The van der Waals surface area contributed by atoms with E-state index in [1.165, 1.54) is 12.8 Å². The van der Waals surface area contributed by atoms with Crippen LogP contribution in [0.3, 0.4) is 0 Å². The molecule has 1 aliphatic carbocycles. The topological polar surface area (TPSA) is 72.2 Å². The summed E-state index contributed by atoms with van der Waals surface area (Å²) in [6.07, 6.45) is 3.98. The molecule has 2 heterocycles. The summed E-state index contributed by atoms with van der Waals surface area (Å²) in [6, 6.07) is 9.97. The van der Waals surface area contributed by atoms with Crippen LogP contribution in [0.4, 0.5) is 17.5 Å². The maximum atomic E-state index is 5.48. The van der Waals surface area contributed by atoms with Crippen molar-refractivity contribution in [2.45, 2.75) is 18.9 Å². The average Bonchev–Trinajstić information content (AvgIpc) is 3.22. The maximum Gasteiger partial charge on any atom is 0.229 e. The number of furan rings is 1. The molecule has 6 nitrogen and oxygen atoms in total. The number of aromatic nitrogens is 2. The largest absolute Gasteiger partial charge is 0.497 e. The minimum absolute atomic E-state index is 0.497. The van der Waals surface area contributed by atoms with Gasteiger partial charge in [0.15, 0.2) is 11.4 Å².